The summed E-state index contributed by atoms with van der Waals surface area (Å²) in [5.41, 5.74) is 2.35. The Hall–Kier alpha value is -1.31. The predicted octanol–water partition coefficient (Wildman–Crippen LogP) is 1.52. The van der Waals surface area contributed by atoms with Crippen LogP contribution in [0.5, 0.6) is 0 Å². The lowest BCUT2D eigenvalue weighted by Crippen LogP contribution is -2.22. The van der Waals surface area contributed by atoms with Gasteiger partial charge in [0.15, 0.2) is 0 Å². The molecule has 12 heavy (non-hydrogen) atoms. The second-order valence-electron chi connectivity index (χ2n) is 3.17. The average molecular weight is 163 g/mol. The molecule has 2 heteroatoms. The van der Waals surface area contributed by atoms with Crippen LogP contribution in [0.15, 0.2) is 35.6 Å². The van der Waals surface area contributed by atoms with Crippen LogP contribution in [0.1, 0.15) is 6.92 Å². The molecule has 0 radical (unpaired) electrons. The second-order valence-corrected chi connectivity index (χ2v) is 3.17. The summed E-state index contributed by atoms with van der Waals surface area (Å²) in [6, 6.07) is 0. The van der Waals surface area contributed by atoms with Gasteiger partial charge in [0, 0.05) is 19.7 Å². The lowest BCUT2D eigenvalue weighted by Gasteiger charge is -2.19. The number of Topliss-reactive ketones (excluding diaryl/α,β-unsaturated/α-hetero) is 1. The molecule has 0 aromatic heterocycles. The summed E-state index contributed by atoms with van der Waals surface area (Å²) in [5.74, 6) is 0.0191. The molecule has 0 aromatic carbocycles. The Morgan fingerprint density at radius 1 is 1.33 bits per heavy atom. The normalized spacial score (nSPS) is 17.2. The van der Waals surface area contributed by atoms with E-state index in [-0.39, 0.29) is 5.78 Å². The molecule has 1 aliphatic rings. The number of carbonyl (C=O) groups is 1. The summed E-state index contributed by atoms with van der Waals surface area (Å²) < 4.78 is 0. The van der Waals surface area contributed by atoms with Gasteiger partial charge in [0.25, 0.3) is 0 Å². The number of likely N-dealkylation sites (N-methyl/N-ethyl adjacent to an activating group) is 1. The minimum Gasteiger partial charge on any atom is -0.374 e. The fraction of sp³-hybridized carbons (Fsp3) is 0.300. The highest BCUT2D eigenvalue weighted by molar-refractivity contribution is 6.10. The topological polar surface area (TPSA) is 20.3 Å². The van der Waals surface area contributed by atoms with Gasteiger partial charge in [-0.25, -0.2) is 0 Å². The molecule has 0 aromatic rings. The zero-order valence-electron chi connectivity index (χ0n) is 7.72. The van der Waals surface area contributed by atoms with Crippen LogP contribution in [-0.2, 0) is 4.79 Å². The van der Waals surface area contributed by atoms with E-state index in [0.717, 1.165) is 5.57 Å². The van der Waals surface area contributed by atoms with Crippen molar-refractivity contribution >= 4 is 5.78 Å². The molecule has 0 aliphatic heterocycles. The molecule has 0 spiro atoms. The maximum absolute atomic E-state index is 11.5. The highest BCUT2D eigenvalue weighted by Crippen LogP contribution is 2.18. The van der Waals surface area contributed by atoms with Gasteiger partial charge in [-0.1, -0.05) is 6.58 Å². The fourth-order valence-electron chi connectivity index (χ4n) is 1.16. The van der Waals surface area contributed by atoms with Gasteiger partial charge in [-0.3, -0.25) is 4.79 Å². The van der Waals surface area contributed by atoms with Crippen LogP contribution in [-0.4, -0.2) is 24.8 Å². The van der Waals surface area contributed by atoms with E-state index in [1.807, 2.05) is 32.0 Å². The van der Waals surface area contributed by atoms with Gasteiger partial charge in [0.05, 0.1) is 5.70 Å². The molecule has 0 N–H and O–H groups in total. The summed E-state index contributed by atoms with van der Waals surface area (Å²) in [5, 5.41) is 0. The van der Waals surface area contributed by atoms with Gasteiger partial charge >= 0.3 is 0 Å². The lowest BCUT2D eigenvalue weighted by atomic mass is 10.00. The summed E-state index contributed by atoms with van der Waals surface area (Å²) in [6.07, 6.45) is 3.67. The van der Waals surface area contributed by atoms with Crippen LogP contribution in [0.25, 0.3) is 0 Å². The Kier molecular flexibility index (Phi) is 2.18. The van der Waals surface area contributed by atoms with Crippen molar-refractivity contribution in [1.29, 1.82) is 0 Å². The van der Waals surface area contributed by atoms with E-state index in [4.69, 9.17) is 0 Å². The zero-order chi connectivity index (χ0) is 9.30. The molecular formula is C10H13NO. The van der Waals surface area contributed by atoms with Gasteiger partial charge in [0.2, 0.25) is 5.78 Å². The van der Waals surface area contributed by atoms with E-state index in [2.05, 4.69) is 6.58 Å². The van der Waals surface area contributed by atoms with E-state index in [0.29, 0.717) is 11.3 Å². The summed E-state index contributed by atoms with van der Waals surface area (Å²) in [6.45, 7) is 5.64. The molecule has 0 unspecified atom stereocenters. The van der Waals surface area contributed by atoms with Gasteiger partial charge in [-0.2, -0.15) is 0 Å². The number of allylic oxidation sites excluding steroid dienone is 4. The molecule has 0 atom stereocenters. The van der Waals surface area contributed by atoms with Crippen LogP contribution < -0.4 is 0 Å². The molecule has 0 saturated carbocycles. The van der Waals surface area contributed by atoms with E-state index in [1.54, 1.807) is 6.08 Å². The number of nitrogens with zero attached hydrogens (tertiary/aromatic N) is 1. The number of carbonyl (C=O) groups excluding carboxylic acids is 1. The standard InChI is InChI=1S/C10H13NO/c1-7-5-8(2)10(12)9(6-7)11(3)4/h5-6H,2H2,1,3-4H3. The molecule has 1 rings (SSSR count). The molecule has 0 bridgehead atoms. The van der Waals surface area contributed by atoms with Crippen molar-refractivity contribution in [3.8, 4) is 0 Å². The molecule has 64 valence electrons. The first-order chi connectivity index (χ1) is 5.52. The van der Waals surface area contributed by atoms with Gasteiger partial charge in [-0.15, -0.1) is 0 Å². The van der Waals surface area contributed by atoms with Crippen molar-refractivity contribution in [2.24, 2.45) is 0 Å². The maximum atomic E-state index is 11.5. The molecule has 0 heterocycles. The van der Waals surface area contributed by atoms with Crippen LogP contribution in [0.2, 0.25) is 0 Å². The van der Waals surface area contributed by atoms with Crippen LogP contribution in [0, 0.1) is 0 Å². The van der Waals surface area contributed by atoms with E-state index in [1.165, 1.54) is 0 Å². The fourth-order valence-corrected chi connectivity index (χ4v) is 1.16. The lowest BCUT2D eigenvalue weighted by molar-refractivity contribution is -0.113. The number of rotatable bonds is 1. The highest BCUT2D eigenvalue weighted by atomic mass is 16.1. The van der Waals surface area contributed by atoms with Gasteiger partial charge in [-0.05, 0) is 24.6 Å². The molecule has 0 amide bonds. The summed E-state index contributed by atoms with van der Waals surface area (Å²) in [4.78, 5) is 13.3. The Morgan fingerprint density at radius 2 is 1.92 bits per heavy atom. The summed E-state index contributed by atoms with van der Waals surface area (Å²) in [7, 11) is 3.71. The maximum Gasteiger partial charge on any atom is 0.208 e. The average Bonchev–Trinajstić information content (AvgIpc) is 1.96. The van der Waals surface area contributed by atoms with E-state index < -0.39 is 0 Å². The molecule has 0 fully saturated rings. The third-order valence-corrected chi connectivity index (χ3v) is 1.77. The first-order valence-electron chi connectivity index (χ1n) is 3.83. The Balaban J connectivity index is 3.07. The number of ketones is 1. The second kappa shape index (κ2) is 2.97. The molecular weight excluding hydrogens is 150 g/mol. The third kappa shape index (κ3) is 1.47. The quantitative estimate of drug-likeness (QED) is 0.546. The van der Waals surface area contributed by atoms with E-state index >= 15 is 0 Å². The molecule has 0 saturated heterocycles. The first kappa shape index (κ1) is 8.78. The molecule has 1 aliphatic carbocycles. The predicted molar refractivity (Wildman–Crippen MR) is 49.7 cm³/mol. The van der Waals surface area contributed by atoms with Crippen molar-refractivity contribution in [3.05, 3.63) is 35.6 Å². The first-order valence-corrected chi connectivity index (χ1v) is 3.83. The Morgan fingerprint density at radius 3 is 2.42 bits per heavy atom. The van der Waals surface area contributed by atoms with Crippen molar-refractivity contribution in [2.45, 2.75) is 6.92 Å². The largest absolute Gasteiger partial charge is 0.374 e. The van der Waals surface area contributed by atoms with E-state index in [9.17, 15) is 4.79 Å². The minimum atomic E-state index is 0.0191. The zero-order valence-corrected chi connectivity index (χ0v) is 7.72. The number of hydrogen-bond donors (Lipinski definition) is 0. The third-order valence-electron chi connectivity index (χ3n) is 1.77. The minimum absolute atomic E-state index is 0.0191. The Labute approximate surface area is 72.9 Å². The van der Waals surface area contributed by atoms with Crippen LogP contribution >= 0.6 is 0 Å². The Bertz CT molecular complexity index is 295. The molecule has 2 nitrogen and oxygen atoms in total. The van der Waals surface area contributed by atoms with Gasteiger partial charge in [0.1, 0.15) is 0 Å². The summed E-state index contributed by atoms with van der Waals surface area (Å²) >= 11 is 0. The highest BCUT2D eigenvalue weighted by Gasteiger charge is 2.17. The van der Waals surface area contributed by atoms with Crippen molar-refractivity contribution in [3.63, 3.8) is 0 Å². The van der Waals surface area contributed by atoms with Crippen LogP contribution in [0.3, 0.4) is 0 Å². The van der Waals surface area contributed by atoms with Crippen molar-refractivity contribution < 1.29 is 4.79 Å². The smallest absolute Gasteiger partial charge is 0.208 e. The van der Waals surface area contributed by atoms with Gasteiger partial charge < -0.3 is 4.90 Å². The SMILES string of the molecule is C=C1C=C(C)C=C(N(C)C)C1=O. The number of hydrogen-bond acceptors (Lipinski definition) is 2. The van der Waals surface area contributed by atoms with Crippen molar-refractivity contribution in [1.82, 2.24) is 4.90 Å². The monoisotopic (exact) mass is 163 g/mol. The van der Waals surface area contributed by atoms with Crippen molar-refractivity contribution in [2.75, 3.05) is 14.1 Å². The van der Waals surface area contributed by atoms with Crippen LogP contribution in [0.4, 0.5) is 0 Å².